The second-order valence-electron chi connectivity index (χ2n) is 6.08. The molecular formula is C19H19ClN2O. The minimum atomic E-state index is -0.107. The number of amides is 1. The zero-order chi connectivity index (χ0) is 16.4. The minimum absolute atomic E-state index is 0.0199. The molecule has 2 aromatic rings. The molecule has 3 nitrogen and oxygen atoms in total. The summed E-state index contributed by atoms with van der Waals surface area (Å²) in [5, 5.41) is 4.98. The molecule has 0 saturated heterocycles. The molecular weight excluding hydrogens is 308 g/mol. The Balaban J connectivity index is 1.80. The van der Waals surface area contributed by atoms with Crippen molar-refractivity contribution < 1.29 is 4.79 Å². The van der Waals surface area contributed by atoms with Gasteiger partial charge in [-0.1, -0.05) is 47.5 Å². The fraction of sp³-hybridized carbons (Fsp3) is 0.263. The van der Waals surface area contributed by atoms with E-state index in [2.05, 4.69) is 42.6 Å². The van der Waals surface area contributed by atoms with Crippen molar-refractivity contribution in [1.82, 2.24) is 5.43 Å². The van der Waals surface area contributed by atoms with Crippen molar-refractivity contribution in [2.45, 2.75) is 26.7 Å². The van der Waals surface area contributed by atoms with Gasteiger partial charge in [0.15, 0.2) is 0 Å². The number of rotatable bonds is 3. The Morgan fingerprint density at radius 1 is 1.17 bits per heavy atom. The third-order valence-corrected chi connectivity index (χ3v) is 4.45. The summed E-state index contributed by atoms with van der Waals surface area (Å²) >= 11 is 5.92. The van der Waals surface area contributed by atoms with Crippen LogP contribution in [0.2, 0.25) is 5.02 Å². The second kappa shape index (κ2) is 6.55. The van der Waals surface area contributed by atoms with E-state index in [1.165, 1.54) is 11.1 Å². The highest BCUT2D eigenvalue weighted by Crippen LogP contribution is 2.22. The van der Waals surface area contributed by atoms with Crippen LogP contribution in [0.25, 0.3) is 0 Å². The van der Waals surface area contributed by atoms with E-state index in [4.69, 9.17) is 11.6 Å². The lowest BCUT2D eigenvalue weighted by Gasteiger charge is -2.22. The Labute approximate surface area is 141 Å². The fourth-order valence-corrected chi connectivity index (χ4v) is 3.09. The lowest BCUT2D eigenvalue weighted by atomic mass is 9.88. The average Bonchev–Trinajstić information content (AvgIpc) is 2.52. The first-order valence-corrected chi connectivity index (χ1v) is 8.09. The van der Waals surface area contributed by atoms with Crippen molar-refractivity contribution in [3.63, 3.8) is 0 Å². The molecule has 0 bridgehead atoms. The van der Waals surface area contributed by atoms with Crippen LogP contribution in [0.1, 0.15) is 28.7 Å². The van der Waals surface area contributed by atoms with Gasteiger partial charge in [-0.15, -0.1) is 0 Å². The summed E-state index contributed by atoms with van der Waals surface area (Å²) in [4.78, 5) is 12.1. The molecule has 0 fully saturated rings. The van der Waals surface area contributed by atoms with E-state index in [0.717, 1.165) is 16.8 Å². The van der Waals surface area contributed by atoms with Gasteiger partial charge >= 0.3 is 0 Å². The van der Waals surface area contributed by atoms with Crippen molar-refractivity contribution in [2.75, 3.05) is 0 Å². The Morgan fingerprint density at radius 2 is 1.91 bits per heavy atom. The van der Waals surface area contributed by atoms with Gasteiger partial charge in [-0.2, -0.15) is 5.10 Å². The molecule has 4 heteroatoms. The van der Waals surface area contributed by atoms with Crippen LogP contribution in [0.4, 0.5) is 0 Å². The lowest BCUT2D eigenvalue weighted by molar-refractivity contribution is -0.125. The van der Waals surface area contributed by atoms with Crippen molar-refractivity contribution in [2.24, 2.45) is 11.0 Å². The summed E-state index contributed by atoms with van der Waals surface area (Å²) in [5.41, 5.74) is 8.25. The van der Waals surface area contributed by atoms with Crippen LogP contribution in [0.3, 0.4) is 0 Å². The third kappa shape index (κ3) is 3.62. The summed E-state index contributed by atoms with van der Waals surface area (Å²) in [6.07, 6.45) is 1.34. The number of nitrogens with one attached hydrogen (secondary N) is 1. The first-order chi connectivity index (χ1) is 11.0. The van der Waals surface area contributed by atoms with Gasteiger partial charge in [0, 0.05) is 22.9 Å². The van der Waals surface area contributed by atoms with Gasteiger partial charge in [0.25, 0.3) is 0 Å². The Hall–Kier alpha value is -2.13. The van der Waals surface area contributed by atoms with Gasteiger partial charge in [0.1, 0.15) is 0 Å². The SMILES string of the molecule is Cc1ccc(C2=NNC(=O)[C@@H](Cc3ccc(Cl)cc3)C2)c(C)c1. The van der Waals surface area contributed by atoms with Crippen molar-refractivity contribution in [3.8, 4) is 0 Å². The van der Waals surface area contributed by atoms with Crippen LogP contribution in [0.15, 0.2) is 47.6 Å². The quantitative estimate of drug-likeness (QED) is 0.908. The summed E-state index contributed by atoms with van der Waals surface area (Å²) in [6.45, 7) is 4.15. The molecule has 0 saturated carbocycles. The van der Waals surface area contributed by atoms with Crippen LogP contribution < -0.4 is 5.43 Å². The van der Waals surface area contributed by atoms with Crippen LogP contribution in [-0.2, 0) is 11.2 Å². The van der Waals surface area contributed by atoms with Crippen LogP contribution >= 0.6 is 11.6 Å². The molecule has 0 aromatic heterocycles. The normalized spacial score (nSPS) is 17.6. The molecule has 1 aliphatic heterocycles. The van der Waals surface area contributed by atoms with Crippen LogP contribution in [-0.4, -0.2) is 11.6 Å². The van der Waals surface area contributed by atoms with Crippen LogP contribution in [0, 0.1) is 19.8 Å². The number of aryl methyl sites for hydroxylation is 2. The monoisotopic (exact) mass is 326 g/mol. The molecule has 2 aromatic carbocycles. The van der Waals surface area contributed by atoms with E-state index in [9.17, 15) is 4.79 Å². The summed E-state index contributed by atoms with van der Waals surface area (Å²) in [6, 6.07) is 14.0. The number of hydrogen-bond acceptors (Lipinski definition) is 2. The van der Waals surface area contributed by atoms with Gasteiger partial charge in [-0.3, -0.25) is 4.79 Å². The first kappa shape index (κ1) is 15.8. The Bertz CT molecular complexity index is 765. The van der Waals surface area contributed by atoms with E-state index in [0.29, 0.717) is 17.9 Å². The molecule has 1 atom stereocenters. The predicted octanol–water partition coefficient (Wildman–Crippen LogP) is 4.04. The van der Waals surface area contributed by atoms with Gasteiger partial charge in [-0.05, 0) is 43.5 Å². The van der Waals surface area contributed by atoms with E-state index >= 15 is 0 Å². The third-order valence-electron chi connectivity index (χ3n) is 4.20. The van der Waals surface area contributed by atoms with Crippen LogP contribution in [0.5, 0.6) is 0 Å². The highest BCUT2D eigenvalue weighted by Gasteiger charge is 2.26. The van der Waals surface area contributed by atoms with E-state index in [1.807, 2.05) is 24.3 Å². The number of nitrogens with zero attached hydrogens (tertiary/aromatic N) is 1. The molecule has 1 N–H and O–H groups in total. The van der Waals surface area contributed by atoms with Gasteiger partial charge in [-0.25, -0.2) is 5.43 Å². The van der Waals surface area contributed by atoms with Gasteiger partial charge in [0.05, 0.1) is 5.71 Å². The number of hydrazone groups is 1. The standard InChI is InChI=1S/C19H19ClN2O/c1-12-3-8-17(13(2)9-12)18-11-15(19(23)22-21-18)10-14-4-6-16(20)7-5-14/h3-9,15H,10-11H2,1-2H3,(H,22,23)/t15-/m0/s1. The maximum Gasteiger partial charge on any atom is 0.243 e. The van der Waals surface area contributed by atoms with E-state index in [1.54, 1.807) is 0 Å². The minimum Gasteiger partial charge on any atom is -0.273 e. The lowest BCUT2D eigenvalue weighted by Crippen LogP contribution is -2.36. The molecule has 1 aliphatic rings. The highest BCUT2D eigenvalue weighted by molar-refractivity contribution is 6.30. The number of benzene rings is 2. The summed E-state index contributed by atoms with van der Waals surface area (Å²) in [5.74, 6) is -0.127. The molecule has 0 aliphatic carbocycles. The largest absolute Gasteiger partial charge is 0.273 e. The van der Waals surface area contributed by atoms with E-state index < -0.39 is 0 Å². The van der Waals surface area contributed by atoms with Gasteiger partial charge in [0.2, 0.25) is 5.91 Å². The number of hydrogen-bond donors (Lipinski definition) is 1. The highest BCUT2D eigenvalue weighted by atomic mass is 35.5. The molecule has 23 heavy (non-hydrogen) atoms. The molecule has 0 spiro atoms. The number of halogens is 1. The second-order valence-corrected chi connectivity index (χ2v) is 6.52. The summed E-state index contributed by atoms with van der Waals surface area (Å²) < 4.78 is 0. The maximum atomic E-state index is 12.1. The maximum absolute atomic E-state index is 12.1. The topological polar surface area (TPSA) is 41.5 Å². The Morgan fingerprint density at radius 3 is 2.61 bits per heavy atom. The number of carbonyl (C=O) groups excluding carboxylic acids is 1. The number of carbonyl (C=O) groups is 1. The summed E-state index contributed by atoms with van der Waals surface area (Å²) in [7, 11) is 0. The zero-order valence-electron chi connectivity index (χ0n) is 13.3. The van der Waals surface area contributed by atoms with Gasteiger partial charge < -0.3 is 0 Å². The Kier molecular flexibility index (Phi) is 4.49. The fourth-order valence-electron chi connectivity index (χ4n) is 2.96. The zero-order valence-corrected chi connectivity index (χ0v) is 14.0. The molecule has 0 radical (unpaired) electrons. The van der Waals surface area contributed by atoms with Crippen molar-refractivity contribution >= 4 is 23.2 Å². The molecule has 3 rings (SSSR count). The average molecular weight is 327 g/mol. The molecule has 1 heterocycles. The molecule has 118 valence electrons. The van der Waals surface area contributed by atoms with E-state index in [-0.39, 0.29) is 11.8 Å². The van der Waals surface area contributed by atoms with Crippen molar-refractivity contribution in [3.05, 3.63) is 69.7 Å². The smallest absolute Gasteiger partial charge is 0.243 e. The first-order valence-electron chi connectivity index (χ1n) is 7.71. The van der Waals surface area contributed by atoms with Crippen molar-refractivity contribution in [1.29, 1.82) is 0 Å². The predicted molar refractivity (Wildman–Crippen MR) is 93.9 cm³/mol. The molecule has 0 unspecified atom stereocenters. The molecule has 1 amide bonds.